The second-order valence-electron chi connectivity index (χ2n) is 14.0. The molecule has 36 heavy (non-hydrogen) atoms. The van der Waals surface area contributed by atoms with Crippen molar-refractivity contribution in [1.29, 1.82) is 0 Å². The first-order valence-corrected chi connectivity index (χ1v) is 14.6. The number of nitrogens with one attached hydrogen (secondary N) is 2. The molecule has 0 heterocycles. The van der Waals surface area contributed by atoms with Gasteiger partial charge in [0, 0.05) is 22.1 Å². The molecule has 8 saturated carbocycles. The second-order valence-corrected chi connectivity index (χ2v) is 14.0. The zero-order chi connectivity index (χ0) is 24.1. The number of benzene rings is 2. The summed E-state index contributed by atoms with van der Waals surface area (Å²) in [6, 6.07) is 12.3. The van der Waals surface area contributed by atoms with Crippen LogP contribution in [0.2, 0.25) is 0 Å². The van der Waals surface area contributed by atoms with E-state index in [1.807, 2.05) is 24.3 Å². The minimum Gasteiger partial charge on any atom is -0.325 e. The summed E-state index contributed by atoms with van der Waals surface area (Å²) in [5.41, 5.74) is 1.45. The van der Waals surface area contributed by atoms with E-state index in [2.05, 4.69) is 22.8 Å². The molecule has 2 aromatic rings. The fraction of sp³-hybridized carbons (Fsp3) is 0.625. The summed E-state index contributed by atoms with van der Waals surface area (Å²) in [6.45, 7) is 0. The van der Waals surface area contributed by atoms with Crippen molar-refractivity contribution in [2.75, 3.05) is 10.6 Å². The fourth-order valence-electron chi connectivity index (χ4n) is 10.8. The van der Waals surface area contributed by atoms with Crippen molar-refractivity contribution >= 4 is 34.0 Å². The van der Waals surface area contributed by atoms with Gasteiger partial charge < -0.3 is 10.6 Å². The van der Waals surface area contributed by atoms with Crippen LogP contribution in [0.4, 0.5) is 11.4 Å². The third-order valence-electron chi connectivity index (χ3n) is 11.5. The van der Waals surface area contributed by atoms with Gasteiger partial charge in [-0.25, -0.2) is 0 Å². The van der Waals surface area contributed by atoms with Gasteiger partial charge in [0.15, 0.2) is 0 Å². The molecule has 8 bridgehead atoms. The van der Waals surface area contributed by atoms with Crippen LogP contribution in [-0.4, -0.2) is 11.8 Å². The van der Waals surface area contributed by atoms with Gasteiger partial charge in [-0.15, -0.1) is 0 Å². The summed E-state index contributed by atoms with van der Waals surface area (Å²) in [5, 5.41) is 8.81. The molecule has 8 fully saturated rings. The molecule has 2 aromatic carbocycles. The SMILES string of the molecule is O=C(Nc1cccc2c(NC(=O)C34CC5CC(CC(C5)C3)C4)cccc12)C12CC3CC(CC(C3)C1)C2. The summed E-state index contributed by atoms with van der Waals surface area (Å²) < 4.78 is 0. The Morgan fingerprint density at radius 2 is 0.833 bits per heavy atom. The van der Waals surface area contributed by atoms with Gasteiger partial charge in [0.1, 0.15) is 0 Å². The fourth-order valence-corrected chi connectivity index (χ4v) is 10.8. The lowest BCUT2D eigenvalue weighted by molar-refractivity contribution is -0.141. The molecule has 8 aliphatic rings. The lowest BCUT2D eigenvalue weighted by atomic mass is 9.49. The van der Waals surface area contributed by atoms with Crippen molar-refractivity contribution in [3.8, 4) is 0 Å². The molecular formula is C32H38N2O2. The quantitative estimate of drug-likeness (QED) is 0.486. The number of rotatable bonds is 4. The van der Waals surface area contributed by atoms with Crippen molar-refractivity contribution in [2.24, 2.45) is 46.3 Å². The first-order valence-electron chi connectivity index (χ1n) is 14.6. The van der Waals surface area contributed by atoms with Crippen LogP contribution in [0.25, 0.3) is 10.8 Å². The Bertz CT molecular complexity index is 1090. The highest BCUT2D eigenvalue weighted by atomic mass is 16.2. The molecule has 8 aliphatic carbocycles. The first-order chi connectivity index (χ1) is 17.5. The normalized spacial score (nSPS) is 41.6. The van der Waals surface area contributed by atoms with Crippen LogP contribution in [-0.2, 0) is 9.59 Å². The first kappa shape index (κ1) is 21.7. The molecule has 0 saturated heterocycles. The molecule has 0 aliphatic heterocycles. The lowest BCUT2D eigenvalue weighted by Gasteiger charge is -2.55. The van der Waals surface area contributed by atoms with Crippen molar-refractivity contribution in [3.05, 3.63) is 36.4 Å². The smallest absolute Gasteiger partial charge is 0.230 e. The van der Waals surface area contributed by atoms with Gasteiger partial charge in [0.2, 0.25) is 11.8 Å². The molecule has 0 radical (unpaired) electrons. The van der Waals surface area contributed by atoms with Crippen LogP contribution in [0.15, 0.2) is 36.4 Å². The molecule has 4 heteroatoms. The highest BCUT2D eigenvalue weighted by molar-refractivity contribution is 6.10. The number of hydrogen-bond donors (Lipinski definition) is 2. The molecule has 188 valence electrons. The predicted octanol–water partition coefficient (Wildman–Crippen LogP) is 7.15. The molecule has 10 rings (SSSR count). The summed E-state index contributed by atoms with van der Waals surface area (Å²) in [4.78, 5) is 27.5. The van der Waals surface area contributed by atoms with Crippen molar-refractivity contribution in [2.45, 2.75) is 77.0 Å². The average Bonchev–Trinajstić information content (AvgIpc) is 2.83. The maximum atomic E-state index is 13.8. The number of fused-ring (bicyclic) bond motifs is 1. The van der Waals surface area contributed by atoms with Gasteiger partial charge in [-0.2, -0.15) is 0 Å². The predicted molar refractivity (Wildman–Crippen MR) is 142 cm³/mol. The van der Waals surface area contributed by atoms with Crippen LogP contribution < -0.4 is 10.6 Å². The van der Waals surface area contributed by atoms with E-state index in [0.29, 0.717) is 0 Å². The minimum absolute atomic E-state index is 0.165. The minimum atomic E-state index is -0.165. The lowest BCUT2D eigenvalue weighted by Crippen LogP contribution is -2.51. The molecule has 4 nitrogen and oxygen atoms in total. The Kier molecular flexibility index (Phi) is 4.57. The molecule has 0 spiro atoms. The van der Waals surface area contributed by atoms with E-state index in [-0.39, 0.29) is 22.6 Å². The van der Waals surface area contributed by atoms with Gasteiger partial charge in [-0.05, 0) is 125 Å². The van der Waals surface area contributed by atoms with E-state index in [9.17, 15) is 9.59 Å². The Hall–Kier alpha value is -2.36. The van der Waals surface area contributed by atoms with Crippen molar-refractivity contribution < 1.29 is 9.59 Å². The number of hydrogen-bond acceptors (Lipinski definition) is 2. The van der Waals surface area contributed by atoms with Crippen LogP contribution in [0.3, 0.4) is 0 Å². The molecule has 0 aromatic heterocycles. The zero-order valence-corrected chi connectivity index (χ0v) is 21.2. The second kappa shape index (κ2) is 7.58. The molecule has 2 amide bonds. The number of carbonyl (C=O) groups is 2. The Balaban J connectivity index is 1.07. The highest BCUT2D eigenvalue weighted by Crippen LogP contribution is 2.61. The molecule has 0 unspecified atom stereocenters. The monoisotopic (exact) mass is 482 g/mol. The van der Waals surface area contributed by atoms with E-state index in [1.54, 1.807) is 0 Å². The number of carbonyl (C=O) groups excluding carboxylic acids is 2. The van der Waals surface area contributed by atoms with Gasteiger partial charge in [-0.1, -0.05) is 24.3 Å². The summed E-state index contributed by atoms with van der Waals surface area (Å²) in [7, 11) is 0. The van der Waals surface area contributed by atoms with Crippen LogP contribution in [0.5, 0.6) is 0 Å². The third-order valence-corrected chi connectivity index (χ3v) is 11.5. The van der Waals surface area contributed by atoms with Crippen LogP contribution in [0.1, 0.15) is 77.0 Å². The van der Waals surface area contributed by atoms with Gasteiger partial charge >= 0.3 is 0 Å². The van der Waals surface area contributed by atoms with Crippen LogP contribution >= 0.6 is 0 Å². The van der Waals surface area contributed by atoms with E-state index < -0.39 is 0 Å². The average molecular weight is 483 g/mol. The standard InChI is InChI=1S/C32H38N2O2/c35-29(31-13-19-7-20(14-31)9-21(8-19)15-31)33-27-5-1-3-25-26(27)4-2-6-28(25)34-30(36)32-16-22-10-23(17-32)12-24(11-22)18-32/h1-6,19-24H,7-18H2,(H,33,35)(H,34,36). The van der Waals surface area contributed by atoms with Crippen LogP contribution in [0, 0.1) is 46.3 Å². The van der Waals surface area contributed by atoms with E-state index in [4.69, 9.17) is 0 Å². The Morgan fingerprint density at radius 3 is 1.14 bits per heavy atom. The van der Waals surface area contributed by atoms with Gasteiger partial charge in [0.25, 0.3) is 0 Å². The van der Waals surface area contributed by atoms with Gasteiger partial charge in [-0.3, -0.25) is 9.59 Å². The van der Waals surface area contributed by atoms with E-state index >= 15 is 0 Å². The Labute approximate surface area is 214 Å². The van der Waals surface area contributed by atoms with Crippen molar-refractivity contribution in [3.63, 3.8) is 0 Å². The van der Waals surface area contributed by atoms with E-state index in [1.165, 1.54) is 38.5 Å². The molecular weight excluding hydrogens is 444 g/mol. The van der Waals surface area contributed by atoms with E-state index in [0.717, 1.165) is 96.2 Å². The molecule has 2 N–H and O–H groups in total. The number of anilines is 2. The third kappa shape index (κ3) is 3.25. The summed E-state index contributed by atoms with van der Waals surface area (Å²) >= 11 is 0. The summed E-state index contributed by atoms with van der Waals surface area (Å²) in [6.07, 6.45) is 14.5. The number of amides is 2. The maximum Gasteiger partial charge on any atom is 0.230 e. The largest absolute Gasteiger partial charge is 0.325 e. The molecule has 0 atom stereocenters. The Morgan fingerprint density at radius 1 is 0.528 bits per heavy atom. The zero-order valence-electron chi connectivity index (χ0n) is 21.2. The van der Waals surface area contributed by atoms with Crippen molar-refractivity contribution in [1.82, 2.24) is 0 Å². The maximum absolute atomic E-state index is 13.8. The van der Waals surface area contributed by atoms with Gasteiger partial charge in [0.05, 0.1) is 10.8 Å². The highest BCUT2D eigenvalue weighted by Gasteiger charge is 2.55. The topological polar surface area (TPSA) is 58.2 Å². The summed E-state index contributed by atoms with van der Waals surface area (Å²) in [5.74, 6) is 4.97.